The van der Waals surface area contributed by atoms with E-state index in [9.17, 15) is 9.90 Å². The lowest BCUT2D eigenvalue weighted by atomic mass is 10.1. The summed E-state index contributed by atoms with van der Waals surface area (Å²) in [5.41, 5.74) is 2.57. The Hall–Kier alpha value is -3.84. The molecule has 0 bridgehead atoms. The van der Waals surface area contributed by atoms with E-state index in [1.54, 1.807) is 36.4 Å². The van der Waals surface area contributed by atoms with Gasteiger partial charge in [-0.05, 0) is 24.3 Å². The Balaban J connectivity index is 1.54. The molecule has 3 aromatic carbocycles. The third-order valence-electron chi connectivity index (χ3n) is 4.65. The van der Waals surface area contributed by atoms with Crippen LogP contribution in [0.4, 0.5) is 5.69 Å². The molecule has 5 rings (SSSR count). The maximum Gasteiger partial charge on any atom is 0.268 e. The number of fused-ring (bicyclic) bond motifs is 1. The highest BCUT2D eigenvalue weighted by Gasteiger charge is 2.22. The van der Waals surface area contributed by atoms with E-state index in [2.05, 4.69) is 10.3 Å². The van der Waals surface area contributed by atoms with E-state index in [1.165, 1.54) is 11.3 Å². The smallest absolute Gasteiger partial charge is 0.268 e. The van der Waals surface area contributed by atoms with Crippen molar-refractivity contribution in [3.05, 3.63) is 77.7 Å². The highest BCUT2D eigenvalue weighted by atomic mass is 32.1. The van der Waals surface area contributed by atoms with Crippen molar-refractivity contribution < 1.29 is 19.4 Å². The number of phenols is 1. The Morgan fingerprint density at radius 1 is 0.967 bits per heavy atom. The molecule has 30 heavy (non-hydrogen) atoms. The second kappa shape index (κ2) is 7.53. The molecule has 0 saturated carbocycles. The van der Waals surface area contributed by atoms with Gasteiger partial charge in [-0.25, -0.2) is 4.98 Å². The number of aromatic nitrogens is 1. The number of rotatable bonds is 4. The Bertz CT molecular complexity index is 1240. The molecule has 0 radical (unpaired) electrons. The number of aromatic hydroxyl groups is 1. The molecule has 2 N–H and O–H groups in total. The monoisotopic (exact) mass is 416 g/mol. The van der Waals surface area contributed by atoms with E-state index in [0.717, 1.165) is 5.56 Å². The van der Waals surface area contributed by atoms with Gasteiger partial charge >= 0.3 is 0 Å². The molecule has 1 aromatic heterocycles. The maximum atomic E-state index is 13.2. The second-order valence-corrected chi connectivity index (χ2v) is 7.60. The Morgan fingerprint density at radius 2 is 1.73 bits per heavy atom. The van der Waals surface area contributed by atoms with Crippen LogP contribution in [0.25, 0.3) is 21.8 Å². The summed E-state index contributed by atoms with van der Waals surface area (Å²) in [5, 5.41) is 13.7. The Kier molecular flexibility index (Phi) is 4.57. The van der Waals surface area contributed by atoms with Crippen LogP contribution in [0, 0.1) is 0 Å². The fourth-order valence-electron chi connectivity index (χ4n) is 3.20. The average molecular weight is 416 g/mol. The first-order valence-electron chi connectivity index (χ1n) is 9.24. The quantitative estimate of drug-likeness (QED) is 0.480. The summed E-state index contributed by atoms with van der Waals surface area (Å²) < 4.78 is 10.7. The number of amides is 1. The second-order valence-electron chi connectivity index (χ2n) is 6.60. The molecule has 0 fully saturated rings. The summed E-state index contributed by atoms with van der Waals surface area (Å²) in [4.78, 5) is 18.3. The lowest BCUT2D eigenvalue weighted by molar-refractivity contribution is 0.103. The van der Waals surface area contributed by atoms with Gasteiger partial charge in [0.1, 0.15) is 15.6 Å². The van der Waals surface area contributed by atoms with Gasteiger partial charge in [-0.15, -0.1) is 11.3 Å². The van der Waals surface area contributed by atoms with Crippen LogP contribution < -0.4 is 14.8 Å². The molecule has 0 spiro atoms. The van der Waals surface area contributed by atoms with Crippen LogP contribution in [0.1, 0.15) is 9.67 Å². The number of hydrogen-bond acceptors (Lipinski definition) is 6. The minimum atomic E-state index is -0.285. The fraction of sp³-hybridized carbons (Fsp3) is 0.0435. The Labute approximate surface area is 176 Å². The van der Waals surface area contributed by atoms with Crippen LogP contribution >= 0.6 is 11.3 Å². The number of phenolic OH excluding ortho intramolecular Hbond substituents is 1. The lowest BCUT2D eigenvalue weighted by Gasteiger charge is -2.06. The van der Waals surface area contributed by atoms with Crippen molar-refractivity contribution in [1.29, 1.82) is 0 Å². The zero-order valence-corrected chi connectivity index (χ0v) is 16.5. The van der Waals surface area contributed by atoms with E-state index in [4.69, 9.17) is 9.47 Å². The SMILES string of the molecule is O=C(Nc1ccc2c(c1)OCO2)c1sc(-c2ccccc2O)nc1-c1ccccc1. The van der Waals surface area contributed by atoms with Crippen molar-refractivity contribution in [3.8, 4) is 39.1 Å². The molecule has 6 nitrogen and oxygen atoms in total. The van der Waals surface area contributed by atoms with Crippen molar-refractivity contribution in [2.24, 2.45) is 0 Å². The van der Waals surface area contributed by atoms with E-state index < -0.39 is 0 Å². The number of para-hydroxylation sites is 1. The average Bonchev–Trinajstić information content (AvgIpc) is 3.42. The van der Waals surface area contributed by atoms with Gasteiger partial charge < -0.3 is 19.9 Å². The van der Waals surface area contributed by atoms with Gasteiger partial charge in [-0.2, -0.15) is 0 Å². The molecule has 0 unspecified atom stereocenters. The van der Waals surface area contributed by atoms with Crippen molar-refractivity contribution in [3.63, 3.8) is 0 Å². The molecule has 2 heterocycles. The van der Waals surface area contributed by atoms with Crippen molar-refractivity contribution >= 4 is 22.9 Å². The zero-order valence-electron chi connectivity index (χ0n) is 15.7. The first-order valence-corrected chi connectivity index (χ1v) is 10.1. The normalized spacial score (nSPS) is 12.0. The van der Waals surface area contributed by atoms with Crippen LogP contribution in [-0.2, 0) is 0 Å². The number of nitrogens with zero attached hydrogens (tertiary/aromatic N) is 1. The van der Waals surface area contributed by atoms with E-state index in [0.29, 0.717) is 38.3 Å². The molecular weight excluding hydrogens is 400 g/mol. The summed E-state index contributed by atoms with van der Waals surface area (Å²) in [6.07, 6.45) is 0. The van der Waals surface area contributed by atoms with Crippen LogP contribution in [0.3, 0.4) is 0 Å². The number of hydrogen-bond donors (Lipinski definition) is 2. The van der Waals surface area contributed by atoms with Gasteiger partial charge in [0, 0.05) is 17.3 Å². The zero-order chi connectivity index (χ0) is 20.5. The summed E-state index contributed by atoms with van der Waals surface area (Å²) in [5.74, 6) is 1.08. The third-order valence-corrected chi connectivity index (χ3v) is 5.73. The minimum Gasteiger partial charge on any atom is -0.507 e. The molecule has 148 valence electrons. The van der Waals surface area contributed by atoms with Crippen LogP contribution in [0.15, 0.2) is 72.8 Å². The molecule has 7 heteroatoms. The van der Waals surface area contributed by atoms with E-state index in [-0.39, 0.29) is 18.4 Å². The number of ether oxygens (including phenoxy) is 2. The van der Waals surface area contributed by atoms with Gasteiger partial charge in [0.05, 0.1) is 11.3 Å². The topological polar surface area (TPSA) is 80.7 Å². The van der Waals surface area contributed by atoms with Gasteiger partial charge in [-0.3, -0.25) is 4.79 Å². The third kappa shape index (κ3) is 3.35. The largest absolute Gasteiger partial charge is 0.507 e. The molecule has 1 aliphatic rings. The van der Waals surface area contributed by atoms with E-state index in [1.807, 2.05) is 36.4 Å². The summed E-state index contributed by atoms with van der Waals surface area (Å²) >= 11 is 1.24. The number of anilines is 1. The number of nitrogens with one attached hydrogen (secondary N) is 1. The van der Waals surface area contributed by atoms with Crippen molar-refractivity contribution in [2.45, 2.75) is 0 Å². The highest BCUT2D eigenvalue weighted by molar-refractivity contribution is 7.17. The molecule has 4 aromatic rings. The lowest BCUT2D eigenvalue weighted by Crippen LogP contribution is -2.11. The molecular formula is C23H16N2O4S. The van der Waals surface area contributed by atoms with Gasteiger partial charge in [0.15, 0.2) is 11.5 Å². The first-order chi connectivity index (χ1) is 14.7. The molecule has 0 atom stereocenters. The van der Waals surface area contributed by atoms with Crippen LogP contribution in [-0.4, -0.2) is 22.8 Å². The molecule has 0 saturated heterocycles. The number of carbonyl (C=O) groups excluding carboxylic acids is 1. The summed E-state index contributed by atoms with van der Waals surface area (Å²) in [7, 11) is 0. The van der Waals surface area contributed by atoms with Crippen molar-refractivity contribution in [1.82, 2.24) is 4.98 Å². The minimum absolute atomic E-state index is 0.119. The summed E-state index contributed by atoms with van der Waals surface area (Å²) in [6, 6.07) is 21.7. The number of carbonyl (C=O) groups is 1. The van der Waals surface area contributed by atoms with Crippen molar-refractivity contribution in [2.75, 3.05) is 12.1 Å². The maximum absolute atomic E-state index is 13.2. The van der Waals surface area contributed by atoms with Crippen LogP contribution in [0.5, 0.6) is 17.2 Å². The van der Waals surface area contributed by atoms with Crippen LogP contribution in [0.2, 0.25) is 0 Å². The summed E-state index contributed by atoms with van der Waals surface area (Å²) in [6.45, 7) is 0.170. The Morgan fingerprint density at radius 3 is 2.57 bits per heavy atom. The van der Waals surface area contributed by atoms with E-state index >= 15 is 0 Å². The predicted octanol–water partition coefficient (Wildman–Crippen LogP) is 5.16. The molecule has 1 aliphatic heterocycles. The fourth-order valence-corrected chi connectivity index (χ4v) is 4.21. The molecule has 1 amide bonds. The molecule has 0 aliphatic carbocycles. The standard InChI is InChI=1S/C23H16N2O4S/c26-17-9-5-4-8-16(17)23-25-20(14-6-2-1-3-7-14)21(30-23)22(27)24-15-10-11-18-19(12-15)29-13-28-18/h1-12,26H,13H2,(H,24,27). The van der Waals surface area contributed by atoms with Gasteiger partial charge in [0.2, 0.25) is 6.79 Å². The van der Waals surface area contributed by atoms with Gasteiger partial charge in [-0.1, -0.05) is 42.5 Å². The first kappa shape index (κ1) is 18.2. The number of benzene rings is 3. The number of thiazole rings is 1. The predicted molar refractivity (Wildman–Crippen MR) is 115 cm³/mol. The highest BCUT2D eigenvalue weighted by Crippen LogP contribution is 2.38. The van der Waals surface area contributed by atoms with Gasteiger partial charge in [0.25, 0.3) is 5.91 Å².